The van der Waals surface area contributed by atoms with E-state index in [0.717, 1.165) is 11.3 Å². The molecule has 2 aliphatic heterocycles. The number of amides is 1. The van der Waals surface area contributed by atoms with E-state index in [0.29, 0.717) is 78.5 Å². The van der Waals surface area contributed by atoms with E-state index in [1.54, 1.807) is 25.6 Å². The number of aromatic amines is 1. The van der Waals surface area contributed by atoms with Crippen LogP contribution in [-0.4, -0.2) is 62.1 Å². The fourth-order valence-corrected chi connectivity index (χ4v) is 4.42. The van der Waals surface area contributed by atoms with Gasteiger partial charge in [0.1, 0.15) is 18.5 Å². The first-order chi connectivity index (χ1) is 16.7. The summed E-state index contributed by atoms with van der Waals surface area (Å²) in [4.78, 5) is 20.6. The Kier molecular flexibility index (Phi) is 6.57. The maximum Gasteiger partial charge on any atom is 0.255 e. The topological polar surface area (TPSA) is 107 Å². The molecule has 1 saturated heterocycles. The Labute approximate surface area is 201 Å². The Bertz CT molecular complexity index is 1190. The number of methoxy groups -OCH3 is 1. The van der Waals surface area contributed by atoms with Crippen molar-refractivity contribution in [3.63, 3.8) is 0 Å². The van der Waals surface area contributed by atoms with E-state index in [4.69, 9.17) is 30.5 Å². The van der Waals surface area contributed by atoms with Crippen molar-refractivity contribution in [1.29, 1.82) is 0 Å². The van der Waals surface area contributed by atoms with Gasteiger partial charge in [-0.2, -0.15) is 0 Å². The molecule has 178 valence electrons. The van der Waals surface area contributed by atoms with E-state index in [1.807, 2.05) is 18.2 Å². The Balaban J connectivity index is 1.55. The zero-order valence-electron chi connectivity index (χ0n) is 18.7. The quantitative estimate of drug-likeness (QED) is 0.470. The Morgan fingerprint density at radius 2 is 2.21 bits per heavy atom. The number of carbonyl (C=O) groups excluding carboxylic acids is 1. The number of hydrogen-bond donors (Lipinski definition) is 3. The summed E-state index contributed by atoms with van der Waals surface area (Å²) >= 11 is 6.34. The van der Waals surface area contributed by atoms with Gasteiger partial charge < -0.3 is 34.6 Å². The summed E-state index contributed by atoms with van der Waals surface area (Å²) in [6.45, 7) is 2.50. The minimum atomic E-state index is -0.156. The lowest BCUT2D eigenvalue weighted by atomic mass is 10.0. The fourth-order valence-electron chi connectivity index (χ4n) is 4.17. The number of carbonyl (C=O) groups is 1. The molecule has 3 aromatic rings. The van der Waals surface area contributed by atoms with Gasteiger partial charge >= 0.3 is 0 Å². The molecule has 1 aromatic carbocycles. The van der Waals surface area contributed by atoms with E-state index in [1.165, 1.54) is 0 Å². The highest BCUT2D eigenvalue weighted by Gasteiger charge is 2.29. The number of pyridine rings is 1. The zero-order chi connectivity index (χ0) is 23.5. The summed E-state index contributed by atoms with van der Waals surface area (Å²) < 4.78 is 22.8. The van der Waals surface area contributed by atoms with Crippen LogP contribution in [0.15, 0.2) is 36.7 Å². The molecule has 9 nitrogen and oxygen atoms in total. The molecule has 0 saturated carbocycles. The second-order valence-corrected chi connectivity index (χ2v) is 8.34. The van der Waals surface area contributed by atoms with E-state index >= 15 is 0 Å². The lowest BCUT2D eigenvalue weighted by Gasteiger charge is -2.23. The molecule has 34 heavy (non-hydrogen) atoms. The monoisotopic (exact) mass is 484 g/mol. The minimum Gasteiger partial charge on any atom is -0.493 e. The van der Waals surface area contributed by atoms with Crippen LogP contribution in [0, 0.1) is 0 Å². The maximum absolute atomic E-state index is 12.9. The summed E-state index contributed by atoms with van der Waals surface area (Å²) in [5.41, 5.74) is 4.12. The molecule has 0 bridgehead atoms. The number of rotatable bonds is 7. The molecule has 0 unspecified atom stereocenters. The van der Waals surface area contributed by atoms with Gasteiger partial charge in [0.2, 0.25) is 0 Å². The minimum absolute atomic E-state index is 0.155. The number of benzene rings is 1. The van der Waals surface area contributed by atoms with E-state index in [2.05, 4.69) is 20.6 Å². The first-order valence-electron chi connectivity index (χ1n) is 11.0. The van der Waals surface area contributed by atoms with Gasteiger partial charge in [0.15, 0.2) is 5.75 Å². The zero-order valence-corrected chi connectivity index (χ0v) is 19.4. The molecule has 0 spiro atoms. The van der Waals surface area contributed by atoms with Gasteiger partial charge in [-0.25, -0.2) is 0 Å². The van der Waals surface area contributed by atoms with Gasteiger partial charge in [0.25, 0.3) is 5.91 Å². The van der Waals surface area contributed by atoms with E-state index < -0.39 is 0 Å². The van der Waals surface area contributed by atoms with Crippen LogP contribution in [0.5, 0.6) is 11.5 Å². The van der Waals surface area contributed by atoms with Crippen LogP contribution in [-0.2, 0) is 15.9 Å². The summed E-state index contributed by atoms with van der Waals surface area (Å²) in [5.74, 6) is 0.898. The Morgan fingerprint density at radius 3 is 3.03 bits per heavy atom. The number of nitrogens with one attached hydrogen (secondary N) is 3. The third-order valence-electron chi connectivity index (χ3n) is 5.76. The van der Waals surface area contributed by atoms with Gasteiger partial charge in [-0.1, -0.05) is 17.7 Å². The number of fused-ring (bicyclic) bond motifs is 1. The lowest BCUT2D eigenvalue weighted by Crippen LogP contribution is -2.33. The maximum atomic E-state index is 12.9. The van der Waals surface area contributed by atoms with Crippen molar-refractivity contribution in [2.75, 3.05) is 45.4 Å². The van der Waals surface area contributed by atoms with Crippen molar-refractivity contribution in [2.24, 2.45) is 0 Å². The molecule has 0 radical (unpaired) electrons. The van der Waals surface area contributed by atoms with Crippen molar-refractivity contribution >= 4 is 28.9 Å². The summed E-state index contributed by atoms with van der Waals surface area (Å²) in [7, 11) is 1.55. The predicted octanol–water partition coefficient (Wildman–Crippen LogP) is 3.56. The number of ether oxygens (including phenoxy) is 4. The van der Waals surface area contributed by atoms with Gasteiger partial charge in [-0.3, -0.25) is 9.78 Å². The number of anilines is 2. The van der Waals surface area contributed by atoms with Crippen LogP contribution in [0.2, 0.25) is 5.02 Å². The second kappa shape index (κ2) is 9.92. The van der Waals surface area contributed by atoms with Gasteiger partial charge in [-0.05, 0) is 18.2 Å². The van der Waals surface area contributed by atoms with Crippen molar-refractivity contribution < 1.29 is 23.7 Å². The normalized spacial score (nSPS) is 17.6. The van der Waals surface area contributed by atoms with Gasteiger partial charge in [0, 0.05) is 30.4 Å². The number of hydrogen-bond acceptors (Lipinski definition) is 7. The molecule has 1 fully saturated rings. The Morgan fingerprint density at radius 1 is 1.29 bits per heavy atom. The second-order valence-electron chi connectivity index (χ2n) is 7.93. The first kappa shape index (κ1) is 22.5. The first-order valence-corrected chi connectivity index (χ1v) is 11.4. The summed E-state index contributed by atoms with van der Waals surface area (Å²) in [6, 6.07) is 7.26. The number of nitrogens with zero attached hydrogens (tertiary/aromatic N) is 1. The molecule has 2 aromatic heterocycles. The van der Waals surface area contributed by atoms with Crippen LogP contribution in [0.4, 0.5) is 11.4 Å². The molecule has 2 aliphatic rings. The smallest absolute Gasteiger partial charge is 0.255 e. The van der Waals surface area contributed by atoms with E-state index in [-0.39, 0.29) is 12.0 Å². The molecule has 1 atom stereocenters. The van der Waals surface area contributed by atoms with Crippen LogP contribution in [0.1, 0.15) is 16.1 Å². The number of aromatic nitrogens is 2. The van der Waals surface area contributed by atoms with Crippen LogP contribution >= 0.6 is 11.6 Å². The van der Waals surface area contributed by atoms with Crippen LogP contribution < -0.4 is 20.1 Å². The molecule has 1 amide bonds. The van der Waals surface area contributed by atoms with Crippen molar-refractivity contribution in [2.45, 2.75) is 12.5 Å². The fraction of sp³-hybridized carbons (Fsp3) is 0.333. The largest absolute Gasteiger partial charge is 0.493 e. The lowest BCUT2D eigenvalue weighted by molar-refractivity contribution is -0.101. The highest BCUT2D eigenvalue weighted by Crippen LogP contribution is 2.42. The molecule has 4 heterocycles. The van der Waals surface area contributed by atoms with Crippen molar-refractivity contribution in [1.82, 2.24) is 15.3 Å². The SMILES string of the molecule is COc1c(Cl)cccc1Nc1c(-c2ccncc2OC[C@H]2COCCO2)[nH]c2c1C(=O)NCC2. The van der Waals surface area contributed by atoms with Crippen LogP contribution in [0.25, 0.3) is 11.3 Å². The summed E-state index contributed by atoms with van der Waals surface area (Å²) in [6.07, 6.45) is 3.86. The third kappa shape index (κ3) is 4.42. The molecule has 10 heteroatoms. The van der Waals surface area contributed by atoms with Gasteiger partial charge in [0.05, 0.1) is 60.8 Å². The highest BCUT2D eigenvalue weighted by atomic mass is 35.5. The van der Waals surface area contributed by atoms with Gasteiger partial charge in [-0.15, -0.1) is 0 Å². The van der Waals surface area contributed by atoms with Crippen molar-refractivity contribution in [3.8, 4) is 22.8 Å². The summed E-state index contributed by atoms with van der Waals surface area (Å²) in [5, 5.41) is 6.77. The standard InChI is InChI=1S/C24H25ClN4O5/c1-31-23-16(25)3-2-4-18(23)29-22-20-17(6-8-27-24(20)30)28-21(22)15-5-7-26-11-19(15)34-13-14-12-32-9-10-33-14/h2-5,7,11,14,28-29H,6,8-10,12-13H2,1H3,(H,27,30)/t14-/m1/s1. The third-order valence-corrected chi connectivity index (χ3v) is 6.06. The van der Waals surface area contributed by atoms with Crippen LogP contribution in [0.3, 0.4) is 0 Å². The molecular weight excluding hydrogens is 460 g/mol. The molecule has 0 aliphatic carbocycles. The average molecular weight is 485 g/mol. The molecular formula is C24H25ClN4O5. The predicted molar refractivity (Wildman–Crippen MR) is 127 cm³/mol. The average Bonchev–Trinajstić information content (AvgIpc) is 3.23. The molecule has 3 N–H and O–H groups in total. The molecule has 5 rings (SSSR count). The number of para-hydroxylation sites is 1. The number of halogens is 1. The van der Waals surface area contributed by atoms with E-state index in [9.17, 15) is 4.79 Å². The van der Waals surface area contributed by atoms with Crippen molar-refractivity contribution in [3.05, 3.63) is 52.9 Å². The Hall–Kier alpha value is -3.27. The number of H-pyrrole nitrogens is 1. The highest BCUT2D eigenvalue weighted by molar-refractivity contribution is 6.32.